The summed E-state index contributed by atoms with van der Waals surface area (Å²) in [4.78, 5) is 39.2. The van der Waals surface area contributed by atoms with Gasteiger partial charge in [0.2, 0.25) is 0 Å². The third-order valence-electron chi connectivity index (χ3n) is 6.38. The van der Waals surface area contributed by atoms with Crippen LogP contribution in [-0.2, 0) is 14.3 Å². The summed E-state index contributed by atoms with van der Waals surface area (Å²) in [6.07, 6.45) is -0.724. The number of carbonyl (C=O) groups is 3. The molecular weight excluding hydrogens is 532 g/mol. The summed E-state index contributed by atoms with van der Waals surface area (Å²) in [5.74, 6) is -3.21. The summed E-state index contributed by atoms with van der Waals surface area (Å²) in [6, 6.07) is 5.24. The van der Waals surface area contributed by atoms with Gasteiger partial charge in [-0.05, 0) is 50.0 Å². The zero-order chi connectivity index (χ0) is 29.3. The molecule has 1 amide bonds. The molecule has 2 heterocycles. The molecule has 0 spiro atoms. The van der Waals surface area contributed by atoms with Crippen molar-refractivity contribution in [1.29, 1.82) is 0 Å². The standard InChI is InChI=1S/C22H31ClN4O2.C4H6O6/c1-22(2,14-29-3)13-27-9-6-15(7-10-27)12-26-21(28)17-11-18(23)19(24)16-5-4-8-25-20(16)17;5-1(3(7)8)2(6)4(9)10/h4-5,8,11,15H,6-7,9-10,12-14,24H2,1-3H3,(H,26,28);1-2,5-6H,(H,7,8)(H,9,10)/t;1-,2-/m.1/s1. The molecule has 3 rings (SSSR count). The molecule has 0 saturated carbocycles. The Kier molecular flexibility index (Phi) is 11.9. The fourth-order valence-corrected chi connectivity index (χ4v) is 4.62. The van der Waals surface area contributed by atoms with E-state index in [-0.39, 0.29) is 11.3 Å². The average Bonchev–Trinajstić information content (AvgIpc) is 2.89. The number of amides is 1. The SMILES string of the molecule is COCC(C)(C)CN1CCC(CNC(=O)c2cc(Cl)c(N)c3cccnc23)CC1.O=C(O)[C@H](O)[C@@H](O)C(=O)O. The summed E-state index contributed by atoms with van der Waals surface area (Å²) in [7, 11) is 1.75. The van der Waals surface area contributed by atoms with Crippen molar-refractivity contribution < 1.29 is 39.5 Å². The Balaban J connectivity index is 0.000000455. The van der Waals surface area contributed by atoms with E-state index in [1.165, 1.54) is 0 Å². The minimum Gasteiger partial charge on any atom is -0.479 e. The van der Waals surface area contributed by atoms with E-state index in [1.54, 1.807) is 25.4 Å². The molecule has 2 aromatic rings. The van der Waals surface area contributed by atoms with Gasteiger partial charge in [-0.15, -0.1) is 0 Å². The number of rotatable bonds is 10. The molecule has 216 valence electrons. The van der Waals surface area contributed by atoms with Crippen LogP contribution in [0.1, 0.15) is 37.0 Å². The van der Waals surface area contributed by atoms with Crippen LogP contribution >= 0.6 is 11.6 Å². The number of aliphatic hydroxyl groups excluding tert-OH is 2. The van der Waals surface area contributed by atoms with Crippen LogP contribution in [-0.4, -0.2) is 100 Å². The number of likely N-dealkylation sites (tertiary alicyclic amines) is 1. The number of hydrogen-bond donors (Lipinski definition) is 6. The van der Waals surface area contributed by atoms with E-state index >= 15 is 0 Å². The van der Waals surface area contributed by atoms with Crippen LogP contribution in [0, 0.1) is 11.3 Å². The lowest BCUT2D eigenvalue weighted by molar-refractivity contribution is -0.165. The molecule has 7 N–H and O–H groups in total. The number of piperidine rings is 1. The number of nitrogens with one attached hydrogen (secondary N) is 1. The Labute approximate surface area is 231 Å². The third-order valence-corrected chi connectivity index (χ3v) is 6.69. The number of carboxylic acid groups (broad SMARTS) is 2. The molecule has 1 saturated heterocycles. The first-order chi connectivity index (χ1) is 18.3. The highest BCUT2D eigenvalue weighted by Gasteiger charge is 2.29. The van der Waals surface area contributed by atoms with Crippen LogP contribution in [0.3, 0.4) is 0 Å². The molecule has 2 atom stereocenters. The maximum Gasteiger partial charge on any atom is 0.335 e. The van der Waals surface area contributed by atoms with E-state index in [2.05, 4.69) is 29.0 Å². The van der Waals surface area contributed by atoms with Gasteiger partial charge in [0.15, 0.2) is 12.2 Å². The number of nitrogens with two attached hydrogens (primary N) is 1. The van der Waals surface area contributed by atoms with Crippen LogP contribution in [0.2, 0.25) is 5.02 Å². The number of carbonyl (C=O) groups excluding carboxylic acids is 1. The molecule has 13 heteroatoms. The number of pyridine rings is 1. The van der Waals surface area contributed by atoms with E-state index in [0.717, 1.165) is 39.1 Å². The average molecular weight is 569 g/mol. The number of carboxylic acids is 2. The Morgan fingerprint density at radius 3 is 2.33 bits per heavy atom. The topological polar surface area (TPSA) is 196 Å². The van der Waals surface area contributed by atoms with Gasteiger partial charge in [-0.2, -0.15) is 0 Å². The summed E-state index contributed by atoms with van der Waals surface area (Å²) < 4.78 is 5.33. The van der Waals surface area contributed by atoms with Crippen molar-refractivity contribution in [1.82, 2.24) is 15.2 Å². The van der Waals surface area contributed by atoms with E-state index in [1.807, 2.05) is 6.07 Å². The van der Waals surface area contributed by atoms with Crippen molar-refractivity contribution in [3.8, 4) is 0 Å². The van der Waals surface area contributed by atoms with Gasteiger partial charge in [0.25, 0.3) is 5.91 Å². The van der Waals surface area contributed by atoms with Crippen LogP contribution in [0.15, 0.2) is 24.4 Å². The molecule has 12 nitrogen and oxygen atoms in total. The first-order valence-corrected chi connectivity index (χ1v) is 12.8. The molecule has 1 aromatic carbocycles. The zero-order valence-corrected chi connectivity index (χ0v) is 23.0. The van der Waals surface area contributed by atoms with Crippen molar-refractivity contribution in [3.63, 3.8) is 0 Å². The summed E-state index contributed by atoms with van der Waals surface area (Å²) >= 11 is 6.23. The first-order valence-electron chi connectivity index (χ1n) is 12.4. The van der Waals surface area contributed by atoms with Gasteiger partial charge in [-0.3, -0.25) is 9.78 Å². The maximum atomic E-state index is 12.8. The molecule has 0 radical (unpaired) electrons. The molecular formula is C26H37ClN4O8. The number of aliphatic carboxylic acids is 2. The molecule has 0 aliphatic carbocycles. The normalized spacial score (nSPS) is 16.2. The number of methoxy groups -OCH3 is 1. The smallest absolute Gasteiger partial charge is 0.335 e. The Hall–Kier alpha value is -3.03. The lowest BCUT2D eigenvalue weighted by atomic mass is 9.91. The number of aromatic nitrogens is 1. The minimum atomic E-state index is -2.27. The van der Waals surface area contributed by atoms with E-state index < -0.39 is 24.1 Å². The largest absolute Gasteiger partial charge is 0.479 e. The second-order valence-electron chi connectivity index (χ2n) is 10.3. The van der Waals surface area contributed by atoms with Gasteiger partial charge in [0, 0.05) is 37.2 Å². The number of hydrogen-bond acceptors (Lipinski definition) is 9. The number of benzene rings is 1. The first kappa shape index (κ1) is 32.2. The fourth-order valence-electron chi connectivity index (χ4n) is 4.40. The summed E-state index contributed by atoms with van der Waals surface area (Å²) in [5, 5.41) is 36.7. The van der Waals surface area contributed by atoms with Gasteiger partial charge in [-0.25, -0.2) is 9.59 Å². The van der Waals surface area contributed by atoms with Crippen molar-refractivity contribution in [3.05, 3.63) is 35.0 Å². The second-order valence-corrected chi connectivity index (χ2v) is 10.7. The number of halogens is 1. The number of aliphatic hydroxyl groups is 2. The molecule has 1 aliphatic heterocycles. The monoisotopic (exact) mass is 568 g/mol. The highest BCUT2D eigenvalue weighted by atomic mass is 35.5. The zero-order valence-electron chi connectivity index (χ0n) is 22.3. The predicted octanol–water partition coefficient (Wildman–Crippen LogP) is 1.46. The molecule has 0 bridgehead atoms. The molecule has 1 aliphatic rings. The van der Waals surface area contributed by atoms with E-state index in [9.17, 15) is 14.4 Å². The van der Waals surface area contributed by atoms with Crippen LogP contribution in [0.25, 0.3) is 10.9 Å². The predicted molar refractivity (Wildman–Crippen MR) is 146 cm³/mol. The lowest BCUT2D eigenvalue weighted by Gasteiger charge is -2.37. The molecule has 39 heavy (non-hydrogen) atoms. The Morgan fingerprint density at radius 1 is 1.21 bits per heavy atom. The number of nitrogens with zero attached hydrogens (tertiary/aromatic N) is 2. The number of fused-ring (bicyclic) bond motifs is 1. The number of ether oxygens (including phenoxy) is 1. The van der Waals surface area contributed by atoms with E-state index in [0.29, 0.717) is 39.6 Å². The highest BCUT2D eigenvalue weighted by molar-refractivity contribution is 6.35. The minimum absolute atomic E-state index is 0.151. The number of nitrogen functional groups attached to an aromatic ring is 1. The van der Waals surface area contributed by atoms with Crippen molar-refractivity contribution in [2.75, 3.05) is 45.6 Å². The van der Waals surface area contributed by atoms with Crippen LogP contribution in [0.5, 0.6) is 0 Å². The van der Waals surface area contributed by atoms with Crippen molar-refractivity contribution in [2.24, 2.45) is 11.3 Å². The highest BCUT2D eigenvalue weighted by Crippen LogP contribution is 2.30. The molecule has 0 unspecified atom stereocenters. The fraction of sp³-hybridized carbons (Fsp3) is 0.538. The molecule has 1 fully saturated rings. The second kappa shape index (κ2) is 14.4. The van der Waals surface area contributed by atoms with Gasteiger partial charge in [0.1, 0.15) is 0 Å². The van der Waals surface area contributed by atoms with Crippen molar-refractivity contribution >= 4 is 46.0 Å². The summed E-state index contributed by atoms with van der Waals surface area (Å²) in [5.41, 5.74) is 7.70. The Bertz CT molecular complexity index is 1140. The maximum absolute atomic E-state index is 12.8. The third kappa shape index (κ3) is 9.29. The van der Waals surface area contributed by atoms with Gasteiger partial charge in [0.05, 0.1) is 28.4 Å². The quantitative estimate of drug-likeness (QED) is 0.227. The Morgan fingerprint density at radius 2 is 1.79 bits per heavy atom. The van der Waals surface area contributed by atoms with Gasteiger partial charge < -0.3 is 41.1 Å². The lowest BCUT2D eigenvalue weighted by Crippen LogP contribution is -2.43. The molecule has 1 aromatic heterocycles. The van der Waals surface area contributed by atoms with Gasteiger partial charge >= 0.3 is 11.9 Å². The summed E-state index contributed by atoms with van der Waals surface area (Å²) in [6.45, 7) is 9.01. The number of anilines is 1. The van der Waals surface area contributed by atoms with Crippen LogP contribution in [0.4, 0.5) is 5.69 Å². The van der Waals surface area contributed by atoms with Crippen LogP contribution < -0.4 is 11.1 Å². The van der Waals surface area contributed by atoms with Crippen molar-refractivity contribution in [2.45, 2.75) is 38.9 Å². The van der Waals surface area contributed by atoms with Gasteiger partial charge in [-0.1, -0.05) is 25.4 Å². The van der Waals surface area contributed by atoms with E-state index in [4.69, 9.17) is 42.5 Å².